The lowest BCUT2D eigenvalue weighted by atomic mass is 10.1. The van der Waals surface area contributed by atoms with Crippen molar-refractivity contribution in [3.8, 4) is 0 Å². The van der Waals surface area contributed by atoms with E-state index in [-0.39, 0.29) is 15.8 Å². The Labute approximate surface area is 139 Å². The standard InChI is InChI=1S/C18H34P2S/c1-9-19(10-2)15-16(20(11-3)12-4)18(14(7)8)21-17(15)13(5)6/h13-14H,9-12H2,1-8H3. The molecule has 0 aliphatic heterocycles. The molecule has 0 N–H and O–H groups in total. The van der Waals surface area contributed by atoms with Gasteiger partial charge in [-0.15, -0.1) is 11.3 Å². The van der Waals surface area contributed by atoms with Crippen LogP contribution >= 0.6 is 27.2 Å². The maximum absolute atomic E-state index is 2.40. The Hall–Kier alpha value is 0.560. The number of hydrogen-bond donors (Lipinski definition) is 0. The summed E-state index contributed by atoms with van der Waals surface area (Å²) in [5.41, 5.74) is 0. The van der Waals surface area contributed by atoms with E-state index in [1.54, 1.807) is 9.75 Å². The van der Waals surface area contributed by atoms with Crippen molar-refractivity contribution in [3.05, 3.63) is 9.75 Å². The second-order valence-corrected chi connectivity index (χ2v) is 12.8. The van der Waals surface area contributed by atoms with Crippen molar-refractivity contribution in [2.24, 2.45) is 0 Å². The zero-order valence-corrected chi connectivity index (χ0v) is 17.9. The van der Waals surface area contributed by atoms with Gasteiger partial charge in [-0.2, -0.15) is 0 Å². The molecule has 1 rings (SSSR count). The monoisotopic (exact) mass is 344 g/mol. The number of thiophene rings is 1. The first kappa shape index (κ1) is 19.6. The molecule has 0 nitrogen and oxygen atoms in total. The zero-order chi connectivity index (χ0) is 16.2. The van der Waals surface area contributed by atoms with E-state index in [1.807, 2.05) is 10.6 Å². The van der Waals surface area contributed by atoms with Gasteiger partial charge in [-0.1, -0.05) is 71.2 Å². The third kappa shape index (κ3) is 4.31. The molecule has 0 fully saturated rings. The predicted molar refractivity (Wildman–Crippen MR) is 108 cm³/mol. The first-order chi connectivity index (χ1) is 9.92. The largest absolute Gasteiger partial charge is 0.143 e. The summed E-state index contributed by atoms with van der Waals surface area (Å²) in [6.45, 7) is 19.2. The van der Waals surface area contributed by atoms with Gasteiger partial charge in [0, 0.05) is 9.75 Å². The van der Waals surface area contributed by atoms with Crippen LogP contribution in [-0.2, 0) is 0 Å². The first-order valence-electron chi connectivity index (χ1n) is 8.59. The van der Waals surface area contributed by atoms with Crippen molar-refractivity contribution in [1.29, 1.82) is 0 Å². The van der Waals surface area contributed by atoms with E-state index in [2.05, 4.69) is 66.7 Å². The third-order valence-corrected chi connectivity index (χ3v) is 11.6. The van der Waals surface area contributed by atoms with Crippen LogP contribution in [0.3, 0.4) is 0 Å². The molecule has 21 heavy (non-hydrogen) atoms. The van der Waals surface area contributed by atoms with E-state index >= 15 is 0 Å². The van der Waals surface area contributed by atoms with Crippen molar-refractivity contribution >= 4 is 37.8 Å². The molecule has 1 aromatic rings. The van der Waals surface area contributed by atoms with Gasteiger partial charge >= 0.3 is 0 Å². The van der Waals surface area contributed by atoms with Gasteiger partial charge in [0.1, 0.15) is 0 Å². The molecule has 0 bridgehead atoms. The van der Waals surface area contributed by atoms with E-state index in [0.717, 1.165) is 0 Å². The highest BCUT2D eigenvalue weighted by molar-refractivity contribution is 7.73. The molecular formula is C18H34P2S. The summed E-state index contributed by atoms with van der Waals surface area (Å²) < 4.78 is 0. The number of rotatable bonds is 8. The molecule has 0 unspecified atom stereocenters. The topological polar surface area (TPSA) is 0 Å². The summed E-state index contributed by atoms with van der Waals surface area (Å²) in [5, 5.41) is 3.68. The van der Waals surface area contributed by atoms with Gasteiger partial charge in [0.15, 0.2) is 0 Å². The second kappa shape index (κ2) is 9.00. The maximum atomic E-state index is 2.40. The Morgan fingerprint density at radius 3 is 1.14 bits per heavy atom. The van der Waals surface area contributed by atoms with Crippen molar-refractivity contribution in [2.75, 3.05) is 24.6 Å². The molecule has 0 aliphatic rings. The van der Waals surface area contributed by atoms with Gasteiger partial charge in [0.05, 0.1) is 0 Å². The fraction of sp³-hybridized carbons (Fsp3) is 0.778. The van der Waals surface area contributed by atoms with Crippen LogP contribution in [0.25, 0.3) is 0 Å². The molecule has 0 amide bonds. The van der Waals surface area contributed by atoms with E-state index < -0.39 is 0 Å². The minimum atomic E-state index is 0.0534. The quantitative estimate of drug-likeness (QED) is 0.486. The summed E-state index contributed by atoms with van der Waals surface area (Å²) in [4.78, 5) is 3.44. The van der Waals surface area contributed by atoms with Gasteiger partial charge in [0.25, 0.3) is 0 Å². The van der Waals surface area contributed by atoms with Gasteiger partial charge in [0.2, 0.25) is 0 Å². The van der Waals surface area contributed by atoms with Crippen molar-refractivity contribution in [3.63, 3.8) is 0 Å². The van der Waals surface area contributed by atoms with Crippen molar-refractivity contribution in [1.82, 2.24) is 0 Å². The second-order valence-electron chi connectivity index (χ2n) is 6.18. The van der Waals surface area contributed by atoms with Crippen LogP contribution < -0.4 is 10.6 Å². The normalized spacial score (nSPS) is 12.4. The summed E-state index contributed by atoms with van der Waals surface area (Å²) in [5.74, 6) is 1.37. The zero-order valence-electron chi connectivity index (χ0n) is 15.3. The number of hydrogen-bond acceptors (Lipinski definition) is 1. The van der Waals surface area contributed by atoms with Gasteiger partial charge in [-0.25, -0.2) is 0 Å². The summed E-state index contributed by atoms with van der Waals surface area (Å²) >= 11 is 2.15. The maximum Gasteiger partial charge on any atom is 0.0157 e. The Bertz CT molecular complexity index is 388. The van der Waals surface area contributed by atoms with E-state index in [4.69, 9.17) is 0 Å². The third-order valence-electron chi connectivity index (χ3n) is 4.12. The van der Waals surface area contributed by atoms with Gasteiger partial charge in [-0.3, -0.25) is 0 Å². The van der Waals surface area contributed by atoms with E-state index in [1.165, 1.54) is 24.6 Å². The minimum Gasteiger partial charge on any atom is -0.143 e. The molecule has 0 radical (unpaired) electrons. The average Bonchev–Trinajstić information content (AvgIpc) is 2.83. The SMILES string of the molecule is CCP(CC)c1c(C(C)C)sc(C(C)C)c1P(CC)CC. The van der Waals surface area contributed by atoms with Crippen LogP contribution in [-0.4, -0.2) is 24.6 Å². The lowest BCUT2D eigenvalue weighted by molar-refractivity contribution is 0.891. The Kier molecular flexibility index (Phi) is 8.40. The fourth-order valence-electron chi connectivity index (χ4n) is 2.92. The van der Waals surface area contributed by atoms with Crippen LogP contribution in [0.2, 0.25) is 0 Å². The lowest BCUT2D eigenvalue weighted by Crippen LogP contribution is -2.26. The van der Waals surface area contributed by atoms with Crippen LogP contribution in [0.5, 0.6) is 0 Å². The molecule has 0 aromatic carbocycles. The predicted octanol–water partition coefficient (Wildman–Crippen LogP) is 6.29. The van der Waals surface area contributed by atoms with Gasteiger partial charge < -0.3 is 0 Å². The molecular weight excluding hydrogens is 310 g/mol. The molecule has 0 saturated heterocycles. The summed E-state index contributed by atoms with van der Waals surface area (Å²) in [6.07, 6.45) is 5.40. The molecule has 0 atom stereocenters. The first-order valence-corrected chi connectivity index (χ1v) is 12.8. The molecule has 0 spiro atoms. The van der Waals surface area contributed by atoms with Crippen LogP contribution in [0.4, 0.5) is 0 Å². The molecule has 3 heteroatoms. The minimum absolute atomic E-state index is 0.0534. The molecule has 1 aromatic heterocycles. The van der Waals surface area contributed by atoms with Crippen LogP contribution in [0.1, 0.15) is 77.0 Å². The van der Waals surface area contributed by atoms with Crippen LogP contribution in [0.15, 0.2) is 0 Å². The fourth-order valence-corrected chi connectivity index (χ4v) is 10.2. The Morgan fingerprint density at radius 1 is 0.667 bits per heavy atom. The summed E-state index contributed by atoms with van der Waals surface area (Å²) in [7, 11) is 0.107. The molecule has 1 heterocycles. The highest BCUT2D eigenvalue weighted by Crippen LogP contribution is 2.47. The van der Waals surface area contributed by atoms with Crippen molar-refractivity contribution in [2.45, 2.75) is 67.2 Å². The molecule has 122 valence electrons. The van der Waals surface area contributed by atoms with E-state index in [0.29, 0.717) is 11.8 Å². The van der Waals surface area contributed by atoms with Crippen molar-refractivity contribution < 1.29 is 0 Å². The smallest absolute Gasteiger partial charge is 0.0157 e. The highest BCUT2D eigenvalue weighted by atomic mass is 32.1. The van der Waals surface area contributed by atoms with Crippen LogP contribution in [0, 0.1) is 0 Å². The Balaban J connectivity index is 3.60. The Morgan fingerprint density at radius 2 is 0.952 bits per heavy atom. The van der Waals surface area contributed by atoms with E-state index in [9.17, 15) is 0 Å². The lowest BCUT2D eigenvalue weighted by Gasteiger charge is -2.24. The molecule has 0 aliphatic carbocycles. The molecule has 0 saturated carbocycles. The highest BCUT2D eigenvalue weighted by Gasteiger charge is 2.28. The summed E-state index contributed by atoms with van der Waals surface area (Å²) in [6, 6.07) is 0. The van der Waals surface area contributed by atoms with Gasteiger partial charge in [-0.05, 0) is 47.1 Å². The average molecular weight is 344 g/mol.